The SMILES string of the molecule is Cc1ccc(-c2cc(=O)n(C)c3c2nnc2ccc(C)cc23)cc1. The molecule has 0 saturated carbocycles. The van der Waals surface area contributed by atoms with Gasteiger partial charge >= 0.3 is 0 Å². The van der Waals surface area contributed by atoms with Crippen LogP contribution in [-0.2, 0) is 7.05 Å². The maximum absolute atomic E-state index is 12.5. The van der Waals surface area contributed by atoms with Crippen molar-refractivity contribution in [2.24, 2.45) is 7.05 Å². The standard InChI is InChI=1S/C20H17N3O/c1-12-4-7-14(8-5-12)15-11-18(24)23(3)20-16-10-13(2)6-9-17(16)21-22-19(15)20/h4-11H,1-3H3. The molecule has 0 aliphatic heterocycles. The Hall–Kier alpha value is -3.01. The lowest BCUT2D eigenvalue weighted by molar-refractivity contribution is 0.904. The number of benzene rings is 2. The number of rotatable bonds is 1. The Morgan fingerprint density at radius 3 is 2.33 bits per heavy atom. The molecule has 0 aliphatic carbocycles. The quantitative estimate of drug-likeness (QED) is 0.502. The second-order valence-corrected chi connectivity index (χ2v) is 6.24. The van der Waals surface area contributed by atoms with Crippen LogP contribution < -0.4 is 5.56 Å². The van der Waals surface area contributed by atoms with E-state index in [-0.39, 0.29) is 5.56 Å². The highest BCUT2D eigenvalue weighted by Crippen LogP contribution is 2.29. The molecule has 0 unspecified atom stereocenters. The van der Waals surface area contributed by atoms with E-state index in [2.05, 4.69) is 16.3 Å². The molecule has 0 aliphatic rings. The highest BCUT2D eigenvalue weighted by atomic mass is 16.1. The number of hydrogen-bond donors (Lipinski definition) is 0. The van der Waals surface area contributed by atoms with Gasteiger partial charge in [0.25, 0.3) is 5.56 Å². The van der Waals surface area contributed by atoms with Crippen molar-refractivity contribution >= 4 is 21.9 Å². The van der Waals surface area contributed by atoms with Gasteiger partial charge in [0, 0.05) is 24.1 Å². The summed E-state index contributed by atoms with van der Waals surface area (Å²) in [7, 11) is 1.78. The van der Waals surface area contributed by atoms with E-state index < -0.39 is 0 Å². The smallest absolute Gasteiger partial charge is 0.251 e. The van der Waals surface area contributed by atoms with Crippen LogP contribution in [0.15, 0.2) is 53.3 Å². The van der Waals surface area contributed by atoms with E-state index in [1.54, 1.807) is 17.7 Å². The predicted molar refractivity (Wildman–Crippen MR) is 97.2 cm³/mol. The van der Waals surface area contributed by atoms with Crippen molar-refractivity contribution in [3.05, 3.63) is 70.0 Å². The van der Waals surface area contributed by atoms with Crippen molar-refractivity contribution in [2.75, 3.05) is 0 Å². The molecule has 2 aromatic heterocycles. The van der Waals surface area contributed by atoms with Gasteiger partial charge in [0.2, 0.25) is 0 Å². The van der Waals surface area contributed by atoms with Gasteiger partial charge in [-0.05, 0) is 31.5 Å². The first-order valence-corrected chi connectivity index (χ1v) is 7.88. The van der Waals surface area contributed by atoms with Crippen molar-refractivity contribution in [2.45, 2.75) is 13.8 Å². The largest absolute Gasteiger partial charge is 0.309 e. The molecule has 0 N–H and O–H groups in total. The monoisotopic (exact) mass is 315 g/mol. The third-order valence-electron chi connectivity index (χ3n) is 4.44. The first-order chi connectivity index (χ1) is 11.5. The maximum Gasteiger partial charge on any atom is 0.251 e. The van der Waals surface area contributed by atoms with E-state index in [0.29, 0.717) is 0 Å². The van der Waals surface area contributed by atoms with Gasteiger partial charge in [-0.1, -0.05) is 41.5 Å². The molecule has 0 atom stereocenters. The van der Waals surface area contributed by atoms with Crippen LogP contribution in [0.25, 0.3) is 33.1 Å². The van der Waals surface area contributed by atoms with Gasteiger partial charge in [-0.25, -0.2) is 0 Å². The van der Waals surface area contributed by atoms with Crippen molar-refractivity contribution in [1.29, 1.82) is 0 Å². The van der Waals surface area contributed by atoms with E-state index in [1.807, 2.05) is 50.2 Å². The molecule has 4 aromatic rings. The Bertz CT molecular complexity index is 1140. The zero-order valence-corrected chi connectivity index (χ0v) is 13.9. The second kappa shape index (κ2) is 5.27. The third-order valence-corrected chi connectivity index (χ3v) is 4.44. The van der Waals surface area contributed by atoms with Crippen molar-refractivity contribution < 1.29 is 0 Å². The summed E-state index contributed by atoms with van der Waals surface area (Å²) >= 11 is 0. The van der Waals surface area contributed by atoms with Gasteiger partial charge in [-0.15, -0.1) is 10.2 Å². The Balaban J connectivity index is 2.18. The van der Waals surface area contributed by atoms with E-state index >= 15 is 0 Å². The Labute approximate surface area is 139 Å². The molecule has 2 aromatic carbocycles. The van der Waals surface area contributed by atoms with Gasteiger partial charge in [0.1, 0.15) is 5.52 Å². The minimum Gasteiger partial charge on any atom is -0.309 e. The zero-order chi connectivity index (χ0) is 16.8. The van der Waals surface area contributed by atoms with Crippen LogP contribution in [0.3, 0.4) is 0 Å². The number of aryl methyl sites for hydroxylation is 3. The number of aromatic nitrogens is 3. The van der Waals surface area contributed by atoms with Gasteiger partial charge in [0.15, 0.2) is 0 Å². The lowest BCUT2D eigenvalue weighted by Gasteiger charge is -2.12. The Morgan fingerprint density at radius 1 is 0.875 bits per heavy atom. The van der Waals surface area contributed by atoms with Gasteiger partial charge < -0.3 is 4.57 Å². The normalized spacial score (nSPS) is 11.3. The highest BCUT2D eigenvalue weighted by molar-refractivity contribution is 6.06. The molecule has 24 heavy (non-hydrogen) atoms. The summed E-state index contributed by atoms with van der Waals surface area (Å²) in [6.45, 7) is 4.08. The molecular formula is C20H17N3O. The fourth-order valence-corrected chi connectivity index (χ4v) is 3.08. The van der Waals surface area contributed by atoms with E-state index in [4.69, 9.17) is 0 Å². The van der Waals surface area contributed by atoms with E-state index in [1.165, 1.54) is 5.56 Å². The lowest BCUT2D eigenvalue weighted by Crippen LogP contribution is -2.17. The summed E-state index contributed by atoms with van der Waals surface area (Å²) in [5.41, 5.74) is 6.43. The summed E-state index contributed by atoms with van der Waals surface area (Å²) in [4.78, 5) is 12.5. The molecule has 118 valence electrons. The summed E-state index contributed by atoms with van der Waals surface area (Å²) in [6.07, 6.45) is 0. The lowest BCUT2D eigenvalue weighted by atomic mass is 10.0. The van der Waals surface area contributed by atoms with E-state index in [9.17, 15) is 4.79 Å². The third kappa shape index (κ3) is 2.19. The second-order valence-electron chi connectivity index (χ2n) is 6.24. The number of pyridine rings is 1. The summed E-state index contributed by atoms with van der Waals surface area (Å²) in [5, 5.41) is 9.74. The molecular weight excluding hydrogens is 298 g/mol. The molecule has 0 radical (unpaired) electrons. The molecule has 4 heteroatoms. The fraction of sp³-hybridized carbons (Fsp3) is 0.150. The molecule has 4 nitrogen and oxygen atoms in total. The van der Waals surface area contributed by atoms with Gasteiger partial charge in [0.05, 0.1) is 11.0 Å². The number of nitrogens with zero attached hydrogens (tertiary/aromatic N) is 3. The fourth-order valence-electron chi connectivity index (χ4n) is 3.08. The van der Waals surface area contributed by atoms with E-state index in [0.717, 1.165) is 38.6 Å². The molecule has 0 saturated heterocycles. The predicted octanol–water partition coefficient (Wildman–Crippen LogP) is 3.77. The maximum atomic E-state index is 12.5. The van der Waals surface area contributed by atoms with Crippen LogP contribution >= 0.6 is 0 Å². The van der Waals surface area contributed by atoms with Crippen LogP contribution in [0.1, 0.15) is 11.1 Å². The van der Waals surface area contributed by atoms with Crippen molar-refractivity contribution in [1.82, 2.24) is 14.8 Å². The topological polar surface area (TPSA) is 47.8 Å². The first kappa shape index (κ1) is 14.6. The minimum absolute atomic E-state index is 0.0473. The highest BCUT2D eigenvalue weighted by Gasteiger charge is 2.14. The molecule has 0 spiro atoms. The Morgan fingerprint density at radius 2 is 1.58 bits per heavy atom. The van der Waals surface area contributed by atoms with Crippen LogP contribution in [-0.4, -0.2) is 14.8 Å². The molecule has 0 fully saturated rings. The van der Waals surface area contributed by atoms with Gasteiger partial charge in [-0.2, -0.15) is 0 Å². The Kier molecular flexibility index (Phi) is 3.20. The van der Waals surface area contributed by atoms with Crippen LogP contribution in [0.4, 0.5) is 0 Å². The summed E-state index contributed by atoms with van der Waals surface area (Å²) < 4.78 is 1.66. The van der Waals surface area contributed by atoms with Crippen LogP contribution in [0, 0.1) is 13.8 Å². The summed E-state index contributed by atoms with van der Waals surface area (Å²) in [6, 6.07) is 15.8. The molecule has 0 bridgehead atoms. The zero-order valence-electron chi connectivity index (χ0n) is 13.9. The molecule has 4 rings (SSSR count). The molecule has 2 heterocycles. The van der Waals surface area contributed by atoms with Gasteiger partial charge in [-0.3, -0.25) is 4.79 Å². The van der Waals surface area contributed by atoms with Crippen LogP contribution in [0.5, 0.6) is 0 Å². The van der Waals surface area contributed by atoms with Crippen molar-refractivity contribution in [3.8, 4) is 11.1 Å². The minimum atomic E-state index is -0.0473. The average Bonchev–Trinajstić information content (AvgIpc) is 2.58. The van der Waals surface area contributed by atoms with Crippen LogP contribution in [0.2, 0.25) is 0 Å². The summed E-state index contributed by atoms with van der Waals surface area (Å²) in [5.74, 6) is 0. The number of fused-ring (bicyclic) bond motifs is 3. The first-order valence-electron chi connectivity index (χ1n) is 7.88. The molecule has 0 amide bonds. The number of hydrogen-bond acceptors (Lipinski definition) is 3. The van der Waals surface area contributed by atoms with Crippen molar-refractivity contribution in [3.63, 3.8) is 0 Å². The average molecular weight is 315 g/mol.